The lowest BCUT2D eigenvalue weighted by Gasteiger charge is -2.16. The van der Waals surface area contributed by atoms with Crippen molar-refractivity contribution in [3.05, 3.63) is 21.1 Å². The van der Waals surface area contributed by atoms with Crippen LogP contribution >= 0.6 is 11.3 Å². The average Bonchev–Trinajstić information content (AvgIpc) is 2.74. The predicted octanol–water partition coefficient (Wildman–Crippen LogP) is 2.18. The maximum Gasteiger partial charge on any atom is 0.304 e. The highest BCUT2D eigenvalue weighted by molar-refractivity contribution is 7.16. The third kappa shape index (κ3) is 3.66. The van der Waals surface area contributed by atoms with Crippen LogP contribution in [0.25, 0.3) is 0 Å². The fourth-order valence-electron chi connectivity index (χ4n) is 1.45. The molecular formula is C11H18N2O4S. The maximum atomic E-state index is 11.0. The molecule has 1 N–H and O–H groups in total. The number of anilines is 1. The number of ether oxygens (including phenoxy) is 1. The first kappa shape index (κ1) is 14.9. The SMILES string of the molecule is CCOCCN(C)c1sc(C(C)O)cc1[N+](=O)[O-]. The van der Waals surface area contributed by atoms with Gasteiger partial charge in [-0.05, 0) is 13.8 Å². The van der Waals surface area contributed by atoms with Gasteiger partial charge < -0.3 is 14.7 Å². The molecule has 1 atom stereocenters. The molecule has 7 heteroatoms. The van der Waals surface area contributed by atoms with E-state index in [4.69, 9.17) is 4.74 Å². The second-order valence-electron chi connectivity index (χ2n) is 3.89. The van der Waals surface area contributed by atoms with Crippen LogP contribution in [0.1, 0.15) is 24.8 Å². The van der Waals surface area contributed by atoms with Gasteiger partial charge in [-0.2, -0.15) is 0 Å². The molecular weight excluding hydrogens is 256 g/mol. The molecule has 0 aliphatic rings. The quantitative estimate of drug-likeness (QED) is 0.468. The number of hydrogen-bond donors (Lipinski definition) is 1. The van der Waals surface area contributed by atoms with Crippen LogP contribution < -0.4 is 4.90 Å². The first-order valence-corrected chi connectivity index (χ1v) is 6.54. The van der Waals surface area contributed by atoms with E-state index in [1.54, 1.807) is 18.9 Å². The van der Waals surface area contributed by atoms with E-state index in [9.17, 15) is 15.2 Å². The van der Waals surface area contributed by atoms with Gasteiger partial charge in [-0.25, -0.2) is 0 Å². The van der Waals surface area contributed by atoms with Crippen molar-refractivity contribution in [1.29, 1.82) is 0 Å². The van der Waals surface area contributed by atoms with Crippen LogP contribution in [-0.2, 0) is 4.74 Å². The largest absolute Gasteiger partial charge is 0.388 e. The number of hydrogen-bond acceptors (Lipinski definition) is 6. The third-order valence-corrected chi connectivity index (χ3v) is 3.85. The molecule has 0 amide bonds. The van der Waals surface area contributed by atoms with Gasteiger partial charge in [-0.15, -0.1) is 11.3 Å². The number of rotatable bonds is 7. The molecule has 1 rings (SSSR count). The Morgan fingerprint density at radius 1 is 1.67 bits per heavy atom. The molecule has 1 heterocycles. The zero-order valence-electron chi connectivity index (χ0n) is 10.8. The Morgan fingerprint density at radius 2 is 2.33 bits per heavy atom. The zero-order chi connectivity index (χ0) is 13.7. The monoisotopic (exact) mass is 274 g/mol. The lowest BCUT2D eigenvalue weighted by Crippen LogP contribution is -2.22. The van der Waals surface area contributed by atoms with E-state index in [1.165, 1.54) is 17.4 Å². The van der Waals surface area contributed by atoms with Crippen molar-refractivity contribution in [1.82, 2.24) is 0 Å². The first-order chi connectivity index (χ1) is 8.47. The minimum Gasteiger partial charge on any atom is -0.388 e. The molecule has 1 aromatic heterocycles. The highest BCUT2D eigenvalue weighted by atomic mass is 32.1. The summed E-state index contributed by atoms with van der Waals surface area (Å²) in [5.74, 6) is 0. The molecule has 102 valence electrons. The van der Waals surface area contributed by atoms with E-state index in [0.29, 0.717) is 29.6 Å². The lowest BCUT2D eigenvalue weighted by molar-refractivity contribution is -0.383. The molecule has 0 aliphatic heterocycles. The summed E-state index contributed by atoms with van der Waals surface area (Å²) in [6.07, 6.45) is -0.692. The maximum absolute atomic E-state index is 11.0. The number of thiophene rings is 1. The Hall–Kier alpha value is -1.18. The first-order valence-electron chi connectivity index (χ1n) is 5.72. The van der Waals surface area contributed by atoms with Crippen LogP contribution in [0.3, 0.4) is 0 Å². The van der Waals surface area contributed by atoms with E-state index >= 15 is 0 Å². The van der Waals surface area contributed by atoms with Gasteiger partial charge in [0, 0.05) is 31.1 Å². The Bertz CT molecular complexity index is 406. The minimum atomic E-state index is -0.692. The Morgan fingerprint density at radius 3 is 2.83 bits per heavy atom. The Labute approximate surface area is 110 Å². The highest BCUT2D eigenvalue weighted by Crippen LogP contribution is 2.39. The molecule has 6 nitrogen and oxygen atoms in total. The Balaban J connectivity index is 2.88. The standard InChI is InChI=1S/C11H18N2O4S/c1-4-17-6-5-12(3)11-9(13(15)16)7-10(18-11)8(2)14/h7-8,14H,4-6H2,1-3H3. The average molecular weight is 274 g/mol. The lowest BCUT2D eigenvalue weighted by atomic mass is 10.3. The van der Waals surface area contributed by atoms with Gasteiger partial charge in [-0.3, -0.25) is 10.1 Å². The molecule has 0 aromatic carbocycles. The van der Waals surface area contributed by atoms with Crippen LogP contribution in [0.15, 0.2) is 6.07 Å². The topological polar surface area (TPSA) is 75.8 Å². The van der Waals surface area contributed by atoms with Crippen molar-refractivity contribution in [2.45, 2.75) is 20.0 Å². The summed E-state index contributed by atoms with van der Waals surface area (Å²) < 4.78 is 5.22. The molecule has 0 aliphatic carbocycles. The van der Waals surface area contributed by atoms with Crippen molar-refractivity contribution in [3.63, 3.8) is 0 Å². The van der Waals surface area contributed by atoms with Gasteiger partial charge in [-0.1, -0.05) is 0 Å². The van der Waals surface area contributed by atoms with E-state index in [2.05, 4.69) is 0 Å². The van der Waals surface area contributed by atoms with Crippen LogP contribution in [0.4, 0.5) is 10.7 Å². The molecule has 1 unspecified atom stereocenters. The molecule has 0 radical (unpaired) electrons. The second-order valence-corrected chi connectivity index (χ2v) is 4.95. The van der Waals surface area contributed by atoms with E-state index in [-0.39, 0.29) is 5.69 Å². The fraction of sp³-hybridized carbons (Fsp3) is 0.636. The van der Waals surface area contributed by atoms with Gasteiger partial charge >= 0.3 is 5.69 Å². The van der Waals surface area contributed by atoms with Crippen LogP contribution in [0.5, 0.6) is 0 Å². The van der Waals surface area contributed by atoms with Crippen molar-refractivity contribution in [3.8, 4) is 0 Å². The summed E-state index contributed by atoms with van der Waals surface area (Å²) in [6.45, 7) is 5.22. The molecule has 0 saturated carbocycles. The Kier molecular flexibility index (Phi) is 5.52. The predicted molar refractivity (Wildman–Crippen MR) is 71.4 cm³/mol. The van der Waals surface area contributed by atoms with Crippen LogP contribution in [-0.4, -0.2) is 36.8 Å². The number of nitro groups is 1. The number of aliphatic hydroxyl groups is 1. The summed E-state index contributed by atoms with van der Waals surface area (Å²) in [6, 6.07) is 1.43. The molecule has 18 heavy (non-hydrogen) atoms. The minimum absolute atomic E-state index is 0.0369. The smallest absolute Gasteiger partial charge is 0.304 e. The zero-order valence-corrected chi connectivity index (χ0v) is 11.6. The van der Waals surface area contributed by atoms with Gasteiger partial charge in [0.15, 0.2) is 5.00 Å². The van der Waals surface area contributed by atoms with Crippen molar-refractivity contribution in [2.24, 2.45) is 0 Å². The normalized spacial score (nSPS) is 12.4. The van der Waals surface area contributed by atoms with E-state index in [1.807, 2.05) is 6.92 Å². The summed E-state index contributed by atoms with van der Waals surface area (Å²) in [5.41, 5.74) is 0.0369. The fourth-order valence-corrected chi connectivity index (χ4v) is 2.50. The van der Waals surface area contributed by atoms with Gasteiger partial charge in [0.25, 0.3) is 0 Å². The molecule has 0 spiro atoms. The van der Waals surface area contributed by atoms with Gasteiger partial charge in [0.1, 0.15) is 0 Å². The number of nitrogens with zero attached hydrogens (tertiary/aromatic N) is 2. The van der Waals surface area contributed by atoms with Gasteiger partial charge in [0.2, 0.25) is 0 Å². The molecule has 0 fully saturated rings. The van der Waals surface area contributed by atoms with Crippen molar-refractivity contribution in [2.75, 3.05) is 31.7 Å². The summed E-state index contributed by atoms with van der Waals surface area (Å²) in [5, 5.41) is 21.0. The third-order valence-electron chi connectivity index (χ3n) is 2.44. The molecule has 1 aromatic rings. The van der Waals surface area contributed by atoms with Crippen LogP contribution in [0.2, 0.25) is 0 Å². The van der Waals surface area contributed by atoms with E-state index < -0.39 is 11.0 Å². The molecule has 0 bridgehead atoms. The van der Waals surface area contributed by atoms with E-state index in [0.717, 1.165) is 0 Å². The number of aliphatic hydroxyl groups excluding tert-OH is 1. The summed E-state index contributed by atoms with van der Waals surface area (Å²) in [4.78, 5) is 12.9. The van der Waals surface area contributed by atoms with Crippen molar-refractivity contribution < 1.29 is 14.8 Å². The van der Waals surface area contributed by atoms with Gasteiger partial charge in [0.05, 0.1) is 17.6 Å². The number of likely N-dealkylation sites (N-methyl/N-ethyl adjacent to an activating group) is 1. The summed E-state index contributed by atoms with van der Waals surface area (Å²) >= 11 is 1.24. The summed E-state index contributed by atoms with van der Waals surface area (Å²) in [7, 11) is 1.78. The second kappa shape index (κ2) is 6.67. The van der Waals surface area contributed by atoms with Crippen molar-refractivity contribution >= 4 is 22.0 Å². The highest BCUT2D eigenvalue weighted by Gasteiger charge is 2.23. The molecule has 0 saturated heterocycles. The van der Waals surface area contributed by atoms with Crippen LogP contribution in [0, 0.1) is 10.1 Å².